The van der Waals surface area contributed by atoms with Crippen LogP contribution in [0.5, 0.6) is 0 Å². The van der Waals surface area contributed by atoms with E-state index in [0.717, 1.165) is 12.5 Å². The SMILES string of the molecule is C#CCN1CCC(CCc2ccccc2)CC1. The van der Waals surface area contributed by atoms with Crippen LogP contribution >= 0.6 is 0 Å². The molecular formula is C16H21N. The molecule has 0 N–H and O–H groups in total. The molecule has 1 nitrogen and oxygen atoms in total. The van der Waals surface area contributed by atoms with E-state index in [9.17, 15) is 0 Å². The van der Waals surface area contributed by atoms with Crippen LogP contribution in [-0.2, 0) is 6.42 Å². The first kappa shape index (κ1) is 12.2. The first-order chi connectivity index (χ1) is 8.38. The van der Waals surface area contributed by atoms with Crippen LogP contribution in [0, 0.1) is 18.3 Å². The maximum atomic E-state index is 5.34. The molecule has 17 heavy (non-hydrogen) atoms. The zero-order chi connectivity index (χ0) is 11.9. The molecule has 1 aromatic rings. The summed E-state index contributed by atoms with van der Waals surface area (Å²) in [4.78, 5) is 2.39. The zero-order valence-corrected chi connectivity index (χ0v) is 10.4. The summed E-state index contributed by atoms with van der Waals surface area (Å²) in [5, 5.41) is 0. The van der Waals surface area contributed by atoms with Gasteiger partial charge in [0.1, 0.15) is 0 Å². The fourth-order valence-electron chi connectivity index (χ4n) is 2.58. The second-order valence-electron chi connectivity index (χ2n) is 4.95. The van der Waals surface area contributed by atoms with Gasteiger partial charge in [0.15, 0.2) is 0 Å². The number of hydrogen-bond donors (Lipinski definition) is 0. The van der Waals surface area contributed by atoms with Gasteiger partial charge in [-0.15, -0.1) is 6.42 Å². The number of benzene rings is 1. The van der Waals surface area contributed by atoms with E-state index in [4.69, 9.17) is 6.42 Å². The highest BCUT2D eigenvalue weighted by Crippen LogP contribution is 2.22. The molecule has 1 aromatic carbocycles. The Kier molecular flexibility index (Phi) is 4.64. The van der Waals surface area contributed by atoms with E-state index in [0.29, 0.717) is 0 Å². The molecule has 2 rings (SSSR count). The molecule has 0 aromatic heterocycles. The van der Waals surface area contributed by atoms with Crippen LogP contribution in [0.4, 0.5) is 0 Å². The monoisotopic (exact) mass is 227 g/mol. The van der Waals surface area contributed by atoms with Gasteiger partial charge in [-0.2, -0.15) is 0 Å². The molecule has 1 heteroatoms. The highest BCUT2D eigenvalue weighted by atomic mass is 15.1. The van der Waals surface area contributed by atoms with Crippen LogP contribution in [0.2, 0.25) is 0 Å². The molecule has 0 atom stereocenters. The second-order valence-corrected chi connectivity index (χ2v) is 4.95. The van der Waals surface area contributed by atoms with Gasteiger partial charge in [-0.05, 0) is 50.3 Å². The van der Waals surface area contributed by atoms with Gasteiger partial charge in [-0.3, -0.25) is 4.90 Å². The molecule has 1 aliphatic heterocycles. The standard InChI is InChI=1S/C16H21N/c1-2-12-17-13-10-16(11-14-17)9-8-15-6-4-3-5-7-15/h1,3-7,16H,8-14H2. The Morgan fingerprint density at radius 2 is 1.88 bits per heavy atom. The van der Waals surface area contributed by atoms with Crippen LogP contribution < -0.4 is 0 Å². The van der Waals surface area contributed by atoms with Crippen molar-refractivity contribution in [2.75, 3.05) is 19.6 Å². The summed E-state index contributed by atoms with van der Waals surface area (Å²) in [6.45, 7) is 3.19. The third-order valence-electron chi connectivity index (χ3n) is 3.71. The zero-order valence-electron chi connectivity index (χ0n) is 10.4. The van der Waals surface area contributed by atoms with Crippen molar-refractivity contribution in [2.24, 2.45) is 5.92 Å². The summed E-state index contributed by atoms with van der Waals surface area (Å²) in [5.74, 6) is 3.63. The van der Waals surface area contributed by atoms with Crippen LogP contribution in [-0.4, -0.2) is 24.5 Å². The largest absolute Gasteiger partial charge is 0.292 e. The van der Waals surface area contributed by atoms with Crippen LogP contribution in [0.3, 0.4) is 0 Å². The molecule has 1 fully saturated rings. The molecule has 1 heterocycles. The van der Waals surface area contributed by atoms with Crippen LogP contribution in [0.1, 0.15) is 24.8 Å². The van der Waals surface area contributed by atoms with E-state index in [1.807, 2.05) is 0 Å². The summed E-state index contributed by atoms with van der Waals surface area (Å²) < 4.78 is 0. The molecule has 0 bridgehead atoms. The van der Waals surface area contributed by atoms with Gasteiger partial charge in [-0.1, -0.05) is 36.3 Å². The lowest BCUT2D eigenvalue weighted by molar-refractivity contribution is 0.197. The molecule has 0 saturated carbocycles. The minimum absolute atomic E-state index is 0.825. The van der Waals surface area contributed by atoms with E-state index in [1.54, 1.807) is 0 Å². The lowest BCUT2D eigenvalue weighted by Gasteiger charge is -2.30. The summed E-state index contributed by atoms with van der Waals surface area (Å²) in [5.41, 5.74) is 1.47. The Bertz CT molecular complexity index is 355. The van der Waals surface area contributed by atoms with E-state index in [2.05, 4.69) is 41.2 Å². The molecule has 1 aliphatic rings. The molecule has 0 spiro atoms. The van der Waals surface area contributed by atoms with Gasteiger partial charge in [-0.25, -0.2) is 0 Å². The predicted octanol–water partition coefficient (Wildman–Crippen LogP) is 2.96. The summed E-state index contributed by atoms with van der Waals surface area (Å²) >= 11 is 0. The molecule has 0 radical (unpaired) electrons. The fraction of sp³-hybridized carbons (Fsp3) is 0.500. The molecule has 1 saturated heterocycles. The highest BCUT2D eigenvalue weighted by molar-refractivity contribution is 5.14. The first-order valence-electron chi connectivity index (χ1n) is 6.58. The van der Waals surface area contributed by atoms with Gasteiger partial charge in [0.2, 0.25) is 0 Å². The van der Waals surface area contributed by atoms with E-state index in [-0.39, 0.29) is 0 Å². The number of nitrogens with zero attached hydrogens (tertiary/aromatic N) is 1. The minimum atomic E-state index is 0.825. The van der Waals surface area contributed by atoms with Crippen molar-refractivity contribution in [1.82, 2.24) is 4.90 Å². The quantitative estimate of drug-likeness (QED) is 0.715. The maximum absolute atomic E-state index is 5.34. The average molecular weight is 227 g/mol. The van der Waals surface area contributed by atoms with Gasteiger partial charge in [0.05, 0.1) is 6.54 Å². The predicted molar refractivity (Wildman–Crippen MR) is 72.8 cm³/mol. The number of aryl methyl sites for hydroxylation is 1. The maximum Gasteiger partial charge on any atom is 0.0598 e. The Morgan fingerprint density at radius 1 is 1.18 bits per heavy atom. The van der Waals surface area contributed by atoms with Crippen LogP contribution in [0.25, 0.3) is 0 Å². The van der Waals surface area contributed by atoms with Gasteiger partial charge >= 0.3 is 0 Å². The van der Waals surface area contributed by atoms with Crippen molar-refractivity contribution >= 4 is 0 Å². The summed E-state index contributed by atoms with van der Waals surface area (Å²) in [6, 6.07) is 10.8. The topological polar surface area (TPSA) is 3.24 Å². The lowest BCUT2D eigenvalue weighted by atomic mass is 9.90. The number of hydrogen-bond acceptors (Lipinski definition) is 1. The lowest BCUT2D eigenvalue weighted by Crippen LogP contribution is -2.34. The van der Waals surface area contributed by atoms with E-state index >= 15 is 0 Å². The van der Waals surface area contributed by atoms with Crippen molar-refractivity contribution in [3.05, 3.63) is 35.9 Å². The second kappa shape index (κ2) is 6.47. The van der Waals surface area contributed by atoms with Crippen molar-refractivity contribution < 1.29 is 0 Å². The summed E-state index contributed by atoms with van der Waals surface area (Å²) in [6.07, 6.45) is 10.5. The Labute approximate surface area is 105 Å². The first-order valence-corrected chi connectivity index (χ1v) is 6.58. The Hall–Kier alpha value is -1.26. The molecule has 0 amide bonds. The average Bonchev–Trinajstić information content (AvgIpc) is 2.40. The minimum Gasteiger partial charge on any atom is -0.292 e. The van der Waals surface area contributed by atoms with Crippen LogP contribution in [0.15, 0.2) is 30.3 Å². The van der Waals surface area contributed by atoms with Gasteiger partial charge < -0.3 is 0 Å². The Morgan fingerprint density at radius 3 is 2.53 bits per heavy atom. The van der Waals surface area contributed by atoms with Gasteiger partial charge in [0, 0.05) is 0 Å². The van der Waals surface area contributed by atoms with Crippen molar-refractivity contribution in [2.45, 2.75) is 25.7 Å². The molecule has 0 unspecified atom stereocenters. The third kappa shape index (κ3) is 3.91. The number of terminal acetylenes is 1. The third-order valence-corrected chi connectivity index (χ3v) is 3.71. The normalized spacial score (nSPS) is 17.8. The summed E-state index contributed by atoms with van der Waals surface area (Å²) in [7, 11) is 0. The number of rotatable bonds is 4. The van der Waals surface area contributed by atoms with Crippen molar-refractivity contribution in [3.8, 4) is 12.3 Å². The van der Waals surface area contributed by atoms with E-state index < -0.39 is 0 Å². The smallest absolute Gasteiger partial charge is 0.0598 e. The van der Waals surface area contributed by atoms with Crippen molar-refractivity contribution in [1.29, 1.82) is 0 Å². The molecule has 90 valence electrons. The fourth-order valence-corrected chi connectivity index (χ4v) is 2.58. The number of likely N-dealkylation sites (tertiary alicyclic amines) is 1. The highest BCUT2D eigenvalue weighted by Gasteiger charge is 2.17. The van der Waals surface area contributed by atoms with Gasteiger partial charge in [0.25, 0.3) is 0 Å². The number of piperidine rings is 1. The molecular weight excluding hydrogens is 206 g/mol. The molecule has 0 aliphatic carbocycles. The van der Waals surface area contributed by atoms with E-state index in [1.165, 1.54) is 44.3 Å². The Balaban J connectivity index is 1.70. The van der Waals surface area contributed by atoms with Crippen molar-refractivity contribution in [3.63, 3.8) is 0 Å².